The van der Waals surface area contributed by atoms with Gasteiger partial charge < -0.3 is 14.8 Å². The Balaban J connectivity index is 1.54. The van der Waals surface area contributed by atoms with E-state index >= 15 is 0 Å². The summed E-state index contributed by atoms with van der Waals surface area (Å²) < 4.78 is 11.7. The van der Waals surface area contributed by atoms with Crippen LogP contribution in [0.4, 0.5) is 0 Å². The Bertz CT molecular complexity index is 292. The molecule has 0 aromatic rings. The molecule has 0 aromatic carbocycles. The number of hydrogen-bond acceptors (Lipinski definition) is 3. The van der Waals surface area contributed by atoms with Gasteiger partial charge in [-0.15, -0.1) is 0 Å². The lowest BCUT2D eigenvalue weighted by molar-refractivity contribution is -0.117. The number of rotatable bonds is 4. The summed E-state index contributed by atoms with van der Waals surface area (Å²) in [5.41, 5.74) is 0.276. The summed E-state index contributed by atoms with van der Waals surface area (Å²) in [5, 5.41) is 3.82. The molecule has 2 aliphatic heterocycles. The monoisotopic (exact) mass is 239 g/mol. The van der Waals surface area contributed by atoms with Crippen molar-refractivity contribution in [1.82, 2.24) is 5.32 Å². The van der Waals surface area contributed by atoms with Crippen LogP contribution in [0.3, 0.4) is 0 Å². The Hall–Kier alpha value is -0.120. The molecule has 98 valence electrons. The summed E-state index contributed by atoms with van der Waals surface area (Å²) in [7, 11) is 0. The van der Waals surface area contributed by atoms with E-state index in [9.17, 15) is 0 Å². The van der Waals surface area contributed by atoms with E-state index in [1.165, 1.54) is 19.3 Å². The highest BCUT2D eigenvalue weighted by atomic mass is 16.5. The molecule has 0 amide bonds. The minimum atomic E-state index is 0.276. The fourth-order valence-corrected chi connectivity index (χ4v) is 3.72. The average Bonchev–Trinajstić information content (AvgIpc) is 2.89. The van der Waals surface area contributed by atoms with Crippen molar-refractivity contribution in [3.63, 3.8) is 0 Å². The second kappa shape index (κ2) is 4.22. The smallest absolute Gasteiger partial charge is 0.0733 e. The number of ether oxygens (including phenoxy) is 2. The highest BCUT2D eigenvalue weighted by Gasteiger charge is 2.51. The predicted molar refractivity (Wildman–Crippen MR) is 67.0 cm³/mol. The standard InChI is InChI=1S/C14H25NO2/c1-4-16-13-8-12(14(13,2)3)15-10-7-9-5-6-11(10)17-9/h9-13,15H,4-8H2,1-3H3. The lowest BCUT2D eigenvalue weighted by Gasteiger charge is -2.53. The van der Waals surface area contributed by atoms with E-state index in [4.69, 9.17) is 9.47 Å². The minimum absolute atomic E-state index is 0.276. The van der Waals surface area contributed by atoms with Crippen LogP contribution in [0, 0.1) is 5.41 Å². The zero-order valence-electron chi connectivity index (χ0n) is 11.2. The third-order valence-corrected chi connectivity index (χ3v) is 5.07. The van der Waals surface area contributed by atoms with Crippen LogP contribution in [0.25, 0.3) is 0 Å². The minimum Gasteiger partial charge on any atom is -0.378 e. The lowest BCUT2D eigenvalue weighted by Crippen LogP contribution is -2.63. The second-order valence-corrected chi connectivity index (χ2v) is 6.44. The van der Waals surface area contributed by atoms with Crippen molar-refractivity contribution in [2.24, 2.45) is 5.41 Å². The van der Waals surface area contributed by atoms with Gasteiger partial charge in [0.2, 0.25) is 0 Å². The Morgan fingerprint density at radius 3 is 2.65 bits per heavy atom. The summed E-state index contributed by atoms with van der Waals surface area (Å²) in [6.07, 6.45) is 6.38. The summed E-state index contributed by atoms with van der Waals surface area (Å²) >= 11 is 0. The van der Waals surface area contributed by atoms with Crippen LogP contribution >= 0.6 is 0 Å². The van der Waals surface area contributed by atoms with Crippen LogP contribution in [0.2, 0.25) is 0 Å². The van der Waals surface area contributed by atoms with Crippen LogP contribution in [-0.2, 0) is 9.47 Å². The molecule has 1 aliphatic carbocycles. The molecule has 1 saturated carbocycles. The maximum Gasteiger partial charge on any atom is 0.0733 e. The molecule has 0 aromatic heterocycles. The normalized spacial score (nSPS) is 47.1. The molecule has 5 unspecified atom stereocenters. The largest absolute Gasteiger partial charge is 0.378 e. The molecule has 2 bridgehead atoms. The molecule has 5 atom stereocenters. The van der Waals surface area contributed by atoms with Crippen LogP contribution in [-0.4, -0.2) is 37.0 Å². The van der Waals surface area contributed by atoms with E-state index in [1.54, 1.807) is 0 Å². The van der Waals surface area contributed by atoms with E-state index in [2.05, 4.69) is 26.1 Å². The van der Waals surface area contributed by atoms with Gasteiger partial charge in [0.05, 0.1) is 18.3 Å². The van der Waals surface area contributed by atoms with Gasteiger partial charge in [0, 0.05) is 24.1 Å². The van der Waals surface area contributed by atoms with Crippen molar-refractivity contribution in [1.29, 1.82) is 0 Å². The molecule has 3 fully saturated rings. The third-order valence-electron chi connectivity index (χ3n) is 5.07. The quantitative estimate of drug-likeness (QED) is 0.815. The Kier molecular flexibility index (Phi) is 2.96. The van der Waals surface area contributed by atoms with Gasteiger partial charge >= 0.3 is 0 Å². The predicted octanol–water partition coefficient (Wildman–Crippen LogP) is 2.10. The van der Waals surface area contributed by atoms with Crippen molar-refractivity contribution >= 4 is 0 Å². The van der Waals surface area contributed by atoms with Gasteiger partial charge in [-0.25, -0.2) is 0 Å². The summed E-state index contributed by atoms with van der Waals surface area (Å²) in [5.74, 6) is 0. The Morgan fingerprint density at radius 1 is 1.29 bits per heavy atom. The first kappa shape index (κ1) is 11.9. The molecule has 2 heterocycles. The second-order valence-electron chi connectivity index (χ2n) is 6.44. The fourth-order valence-electron chi connectivity index (χ4n) is 3.72. The van der Waals surface area contributed by atoms with Crippen molar-refractivity contribution < 1.29 is 9.47 Å². The first-order chi connectivity index (χ1) is 8.11. The first-order valence-corrected chi connectivity index (χ1v) is 7.14. The topological polar surface area (TPSA) is 30.5 Å². The van der Waals surface area contributed by atoms with Crippen molar-refractivity contribution in [2.45, 2.75) is 76.9 Å². The molecule has 2 saturated heterocycles. The molecule has 3 heteroatoms. The molecule has 3 rings (SSSR count). The highest BCUT2D eigenvalue weighted by molar-refractivity contribution is 5.06. The van der Waals surface area contributed by atoms with Gasteiger partial charge in [0.15, 0.2) is 0 Å². The van der Waals surface area contributed by atoms with Gasteiger partial charge in [-0.05, 0) is 32.6 Å². The third kappa shape index (κ3) is 1.92. The lowest BCUT2D eigenvalue weighted by atomic mass is 9.64. The van der Waals surface area contributed by atoms with Gasteiger partial charge in [-0.1, -0.05) is 13.8 Å². The van der Waals surface area contributed by atoms with E-state index in [-0.39, 0.29) is 5.41 Å². The zero-order chi connectivity index (χ0) is 12.0. The van der Waals surface area contributed by atoms with Gasteiger partial charge in [-0.3, -0.25) is 0 Å². The van der Waals surface area contributed by atoms with E-state index in [0.29, 0.717) is 30.4 Å². The van der Waals surface area contributed by atoms with Crippen LogP contribution in [0.15, 0.2) is 0 Å². The molecular formula is C14H25NO2. The van der Waals surface area contributed by atoms with Crippen LogP contribution < -0.4 is 5.32 Å². The number of nitrogens with one attached hydrogen (secondary N) is 1. The Morgan fingerprint density at radius 2 is 2.12 bits per heavy atom. The number of fused-ring (bicyclic) bond motifs is 2. The molecule has 17 heavy (non-hydrogen) atoms. The highest BCUT2D eigenvalue weighted by Crippen LogP contribution is 2.44. The van der Waals surface area contributed by atoms with Gasteiger partial charge in [0.25, 0.3) is 0 Å². The molecule has 3 aliphatic rings. The van der Waals surface area contributed by atoms with Crippen LogP contribution in [0.1, 0.15) is 46.5 Å². The molecule has 1 N–H and O–H groups in total. The number of hydrogen-bond donors (Lipinski definition) is 1. The van der Waals surface area contributed by atoms with E-state index < -0.39 is 0 Å². The maximum atomic E-state index is 5.90. The van der Waals surface area contributed by atoms with E-state index in [0.717, 1.165) is 13.0 Å². The van der Waals surface area contributed by atoms with Crippen molar-refractivity contribution in [2.75, 3.05) is 6.61 Å². The SMILES string of the molecule is CCOC1CC(NC2CC3CCC2O3)C1(C)C. The van der Waals surface area contributed by atoms with E-state index in [1.807, 2.05) is 0 Å². The first-order valence-electron chi connectivity index (χ1n) is 7.14. The van der Waals surface area contributed by atoms with Crippen molar-refractivity contribution in [3.05, 3.63) is 0 Å². The molecule has 0 radical (unpaired) electrons. The van der Waals surface area contributed by atoms with Gasteiger partial charge in [0.1, 0.15) is 0 Å². The summed E-state index contributed by atoms with van der Waals surface area (Å²) in [6, 6.07) is 1.20. The maximum absolute atomic E-state index is 5.90. The zero-order valence-corrected chi connectivity index (χ0v) is 11.2. The molecule has 3 nitrogen and oxygen atoms in total. The Labute approximate surface area is 104 Å². The fraction of sp³-hybridized carbons (Fsp3) is 1.00. The molecule has 0 spiro atoms. The summed E-state index contributed by atoms with van der Waals surface area (Å²) in [6.45, 7) is 7.56. The summed E-state index contributed by atoms with van der Waals surface area (Å²) in [4.78, 5) is 0. The van der Waals surface area contributed by atoms with Gasteiger partial charge in [-0.2, -0.15) is 0 Å². The molecular weight excluding hydrogens is 214 g/mol. The van der Waals surface area contributed by atoms with Crippen LogP contribution in [0.5, 0.6) is 0 Å². The van der Waals surface area contributed by atoms with Crippen molar-refractivity contribution in [3.8, 4) is 0 Å². The average molecular weight is 239 g/mol.